The maximum Gasteiger partial charge on any atom is 0.0191 e. The van der Waals surface area contributed by atoms with E-state index < -0.39 is 0 Å². The molecule has 2 heteroatoms. The van der Waals surface area contributed by atoms with Crippen molar-refractivity contribution in [1.29, 1.82) is 0 Å². The summed E-state index contributed by atoms with van der Waals surface area (Å²) in [5.41, 5.74) is 0. The molecule has 1 aliphatic heterocycles. The molecule has 14 heavy (non-hydrogen) atoms. The van der Waals surface area contributed by atoms with Gasteiger partial charge in [-0.25, -0.2) is 0 Å². The maximum atomic E-state index is 3.48. The minimum atomic E-state index is 0.807. The Kier molecular flexibility index (Phi) is 4.18. The molecule has 2 fully saturated rings. The monoisotopic (exact) mass is 213 g/mol. The topological polar surface area (TPSA) is 12.0 Å². The molecule has 0 spiro atoms. The van der Waals surface area contributed by atoms with Crippen molar-refractivity contribution in [2.24, 2.45) is 11.8 Å². The highest BCUT2D eigenvalue weighted by molar-refractivity contribution is 7.99. The Balaban J connectivity index is 1.77. The molecule has 1 N–H and O–H groups in total. The van der Waals surface area contributed by atoms with Gasteiger partial charge in [0, 0.05) is 11.8 Å². The molecule has 2 atom stereocenters. The lowest BCUT2D eigenvalue weighted by Crippen LogP contribution is -2.33. The van der Waals surface area contributed by atoms with Crippen molar-refractivity contribution in [2.75, 3.05) is 18.6 Å². The fourth-order valence-corrected chi connectivity index (χ4v) is 4.50. The molecule has 1 saturated heterocycles. The van der Waals surface area contributed by atoms with Crippen molar-refractivity contribution in [2.45, 2.75) is 44.6 Å². The van der Waals surface area contributed by atoms with Crippen molar-refractivity contribution in [3.05, 3.63) is 0 Å². The molecule has 0 aromatic rings. The van der Waals surface area contributed by atoms with Crippen LogP contribution in [0, 0.1) is 11.8 Å². The van der Waals surface area contributed by atoms with E-state index in [2.05, 4.69) is 24.1 Å². The fraction of sp³-hybridized carbons (Fsp3) is 1.00. The van der Waals surface area contributed by atoms with E-state index >= 15 is 0 Å². The third kappa shape index (κ3) is 2.66. The van der Waals surface area contributed by atoms with Crippen LogP contribution in [0.1, 0.15) is 38.5 Å². The van der Waals surface area contributed by atoms with Gasteiger partial charge in [0.1, 0.15) is 0 Å². The summed E-state index contributed by atoms with van der Waals surface area (Å²) in [6.45, 7) is 0. The number of hydrogen-bond acceptors (Lipinski definition) is 2. The first kappa shape index (κ1) is 10.8. The number of hydrogen-bond donors (Lipinski definition) is 1. The van der Waals surface area contributed by atoms with Crippen LogP contribution >= 0.6 is 11.8 Å². The molecule has 1 nitrogen and oxygen atoms in total. The lowest BCUT2D eigenvalue weighted by atomic mass is 9.81. The van der Waals surface area contributed by atoms with E-state index in [-0.39, 0.29) is 0 Å². The van der Waals surface area contributed by atoms with Crippen LogP contribution in [0.15, 0.2) is 0 Å². The van der Waals surface area contributed by atoms with Gasteiger partial charge in [0.25, 0.3) is 0 Å². The van der Waals surface area contributed by atoms with E-state index in [1.165, 1.54) is 50.0 Å². The standard InChI is InChI=1S/C12H23NS/c1-13-12-9-14-8-11(12)7-10-5-3-2-4-6-10/h10-13H,2-9H2,1H3. The first-order chi connectivity index (χ1) is 6.90. The molecule has 1 aliphatic carbocycles. The molecule has 2 aliphatic rings. The van der Waals surface area contributed by atoms with E-state index in [1.807, 2.05) is 0 Å². The van der Waals surface area contributed by atoms with Crippen LogP contribution in [0.4, 0.5) is 0 Å². The Morgan fingerprint density at radius 1 is 1.14 bits per heavy atom. The third-order valence-electron chi connectivity index (χ3n) is 3.93. The average Bonchev–Trinajstić information content (AvgIpc) is 2.67. The normalized spacial score (nSPS) is 34.9. The molecular weight excluding hydrogens is 190 g/mol. The summed E-state index contributed by atoms with van der Waals surface area (Å²) in [4.78, 5) is 0. The average molecular weight is 213 g/mol. The molecule has 0 radical (unpaired) electrons. The zero-order valence-electron chi connectivity index (χ0n) is 9.30. The molecule has 1 saturated carbocycles. The summed E-state index contributed by atoms with van der Waals surface area (Å²) in [6, 6.07) is 0.807. The van der Waals surface area contributed by atoms with E-state index in [9.17, 15) is 0 Å². The van der Waals surface area contributed by atoms with Crippen LogP contribution in [0.25, 0.3) is 0 Å². The Bertz CT molecular complexity index is 166. The molecule has 2 unspecified atom stereocenters. The van der Waals surface area contributed by atoms with Gasteiger partial charge < -0.3 is 5.32 Å². The Morgan fingerprint density at radius 2 is 1.93 bits per heavy atom. The molecular formula is C12H23NS. The van der Waals surface area contributed by atoms with E-state index in [1.54, 1.807) is 0 Å². The molecule has 0 bridgehead atoms. The highest BCUT2D eigenvalue weighted by atomic mass is 32.2. The smallest absolute Gasteiger partial charge is 0.0191 e. The van der Waals surface area contributed by atoms with Crippen molar-refractivity contribution < 1.29 is 0 Å². The van der Waals surface area contributed by atoms with E-state index in [0.717, 1.165) is 17.9 Å². The zero-order chi connectivity index (χ0) is 9.80. The Labute approximate surface area is 92.4 Å². The van der Waals surface area contributed by atoms with E-state index in [4.69, 9.17) is 0 Å². The second kappa shape index (κ2) is 5.41. The molecule has 0 amide bonds. The Morgan fingerprint density at radius 3 is 2.64 bits per heavy atom. The third-order valence-corrected chi connectivity index (χ3v) is 5.19. The van der Waals surface area contributed by atoms with Crippen LogP contribution in [-0.4, -0.2) is 24.6 Å². The predicted molar refractivity (Wildman–Crippen MR) is 64.9 cm³/mol. The van der Waals surface area contributed by atoms with E-state index in [0.29, 0.717) is 0 Å². The maximum absolute atomic E-state index is 3.48. The predicted octanol–water partition coefficient (Wildman–Crippen LogP) is 2.91. The zero-order valence-corrected chi connectivity index (χ0v) is 10.1. The molecule has 0 aromatic heterocycles. The summed E-state index contributed by atoms with van der Waals surface area (Å²) in [5.74, 6) is 4.77. The second-order valence-corrected chi connectivity index (χ2v) is 6.01. The minimum absolute atomic E-state index is 0.807. The molecule has 82 valence electrons. The van der Waals surface area contributed by atoms with Crippen molar-refractivity contribution >= 4 is 11.8 Å². The van der Waals surface area contributed by atoms with Gasteiger partial charge in [-0.05, 0) is 31.1 Å². The molecule has 2 rings (SSSR count). The van der Waals surface area contributed by atoms with Gasteiger partial charge in [0.15, 0.2) is 0 Å². The van der Waals surface area contributed by atoms with Crippen molar-refractivity contribution in [3.63, 3.8) is 0 Å². The summed E-state index contributed by atoms with van der Waals surface area (Å²) in [6.07, 6.45) is 9.00. The van der Waals surface area contributed by atoms with Gasteiger partial charge in [-0.3, -0.25) is 0 Å². The fourth-order valence-electron chi connectivity index (χ4n) is 3.00. The largest absolute Gasteiger partial charge is 0.316 e. The highest BCUT2D eigenvalue weighted by Gasteiger charge is 2.29. The van der Waals surface area contributed by atoms with Crippen LogP contribution in [-0.2, 0) is 0 Å². The summed E-state index contributed by atoms with van der Waals surface area (Å²) in [7, 11) is 2.13. The van der Waals surface area contributed by atoms with Crippen molar-refractivity contribution in [3.8, 4) is 0 Å². The minimum Gasteiger partial charge on any atom is -0.316 e. The van der Waals surface area contributed by atoms with Gasteiger partial charge in [0.2, 0.25) is 0 Å². The lowest BCUT2D eigenvalue weighted by molar-refractivity contribution is 0.278. The SMILES string of the molecule is CNC1CSCC1CC1CCCCC1. The molecule has 0 aromatic carbocycles. The summed E-state index contributed by atoms with van der Waals surface area (Å²) < 4.78 is 0. The number of rotatable bonds is 3. The second-order valence-electron chi connectivity index (χ2n) is 4.93. The van der Waals surface area contributed by atoms with Crippen LogP contribution < -0.4 is 5.32 Å². The van der Waals surface area contributed by atoms with Crippen molar-refractivity contribution in [1.82, 2.24) is 5.32 Å². The van der Waals surface area contributed by atoms with Crippen LogP contribution in [0.3, 0.4) is 0 Å². The summed E-state index contributed by atoms with van der Waals surface area (Å²) in [5, 5.41) is 3.48. The van der Waals surface area contributed by atoms with Gasteiger partial charge in [-0.1, -0.05) is 32.1 Å². The number of thioether (sulfide) groups is 1. The number of nitrogens with one attached hydrogen (secondary N) is 1. The van der Waals surface area contributed by atoms with Gasteiger partial charge in [0.05, 0.1) is 0 Å². The Hall–Kier alpha value is 0.310. The highest BCUT2D eigenvalue weighted by Crippen LogP contribution is 2.34. The van der Waals surface area contributed by atoms with Gasteiger partial charge >= 0.3 is 0 Å². The summed E-state index contributed by atoms with van der Waals surface area (Å²) >= 11 is 2.14. The first-order valence-electron chi connectivity index (χ1n) is 6.15. The quantitative estimate of drug-likeness (QED) is 0.773. The van der Waals surface area contributed by atoms with Gasteiger partial charge in [-0.15, -0.1) is 0 Å². The lowest BCUT2D eigenvalue weighted by Gasteiger charge is -2.27. The first-order valence-corrected chi connectivity index (χ1v) is 7.30. The molecule has 1 heterocycles. The van der Waals surface area contributed by atoms with Gasteiger partial charge in [-0.2, -0.15) is 11.8 Å². The van der Waals surface area contributed by atoms with Crippen LogP contribution in [0.5, 0.6) is 0 Å². The van der Waals surface area contributed by atoms with Crippen LogP contribution in [0.2, 0.25) is 0 Å².